The average molecular weight is 260 g/mol. The zero-order valence-corrected chi connectivity index (χ0v) is 11.9. The minimum Gasteiger partial charge on any atom is -0.352 e. The van der Waals surface area contributed by atoms with E-state index in [1.807, 2.05) is 0 Å². The molecule has 0 aliphatic heterocycles. The van der Waals surface area contributed by atoms with Crippen molar-refractivity contribution in [2.75, 3.05) is 6.54 Å². The van der Waals surface area contributed by atoms with E-state index in [2.05, 4.69) is 43.4 Å². The molecule has 104 valence electrons. The van der Waals surface area contributed by atoms with Crippen LogP contribution < -0.4 is 11.1 Å². The number of benzene rings is 1. The van der Waals surface area contributed by atoms with Crippen molar-refractivity contribution in [2.24, 2.45) is 11.1 Å². The van der Waals surface area contributed by atoms with E-state index >= 15 is 0 Å². The average Bonchev–Trinajstić information content (AvgIpc) is 2.36. The van der Waals surface area contributed by atoms with Gasteiger partial charge in [-0.25, -0.2) is 0 Å². The van der Waals surface area contributed by atoms with Gasteiger partial charge in [-0.2, -0.15) is 0 Å². The molecule has 19 heavy (non-hydrogen) atoms. The van der Waals surface area contributed by atoms with Crippen LogP contribution in [-0.2, 0) is 11.3 Å². The number of nitrogens with two attached hydrogens (primary N) is 1. The van der Waals surface area contributed by atoms with Crippen molar-refractivity contribution in [1.82, 2.24) is 5.32 Å². The summed E-state index contributed by atoms with van der Waals surface area (Å²) in [5.41, 5.74) is 7.92. The molecule has 1 aliphatic rings. The van der Waals surface area contributed by atoms with Crippen LogP contribution in [0, 0.1) is 5.41 Å². The summed E-state index contributed by atoms with van der Waals surface area (Å²) < 4.78 is 0. The molecule has 0 saturated heterocycles. The van der Waals surface area contributed by atoms with Crippen molar-refractivity contribution in [1.29, 1.82) is 0 Å². The van der Waals surface area contributed by atoms with Gasteiger partial charge < -0.3 is 11.1 Å². The Balaban J connectivity index is 1.90. The highest BCUT2D eigenvalue weighted by molar-refractivity contribution is 5.83. The van der Waals surface area contributed by atoms with E-state index in [0.717, 1.165) is 24.8 Å². The van der Waals surface area contributed by atoms with Gasteiger partial charge in [-0.05, 0) is 29.9 Å². The first kappa shape index (κ1) is 14.1. The lowest BCUT2D eigenvalue weighted by Crippen LogP contribution is -2.50. The van der Waals surface area contributed by atoms with Crippen LogP contribution in [0.2, 0.25) is 0 Å². The third-order valence-corrected chi connectivity index (χ3v) is 4.28. The number of hydrogen-bond donors (Lipinski definition) is 2. The minimum absolute atomic E-state index is 0.120. The molecule has 3 nitrogen and oxygen atoms in total. The van der Waals surface area contributed by atoms with Gasteiger partial charge in [-0.15, -0.1) is 0 Å². The Bertz CT molecular complexity index is 427. The standard InChI is InChI=1S/C16H24N2O/c1-12(2)14-6-4-13(5-7-14)10-18-15(19)16(11-17)8-3-9-16/h4-7,12H,3,8-11,17H2,1-2H3,(H,18,19). The molecule has 1 aliphatic carbocycles. The maximum Gasteiger partial charge on any atom is 0.227 e. The molecule has 0 aromatic heterocycles. The van der Waals surface area contributed by atoms with Crippen LogP contribution >= 0.6 is 0 Å². The molecule has 0 unspecified atom stereocenters. The Labute approximate surface area is 115 Å². The van der Waals surface area contributed by atoms with Gasteiger partial charge in [0.15, 0.2) is 0 Å². The SMILES string of the molecule is CC(C)c1ccc(CNC(=O)C2(CN)CCC2)cc1. The maximum absolute atomic E-state index is 12.1. The minimum atomic E-state index is -0.280. The maximum atomic E-state index is 12.1. The van der Waals surface area contributed by atoms with Gasteiger partial charge >= 0.3 is 0 Å². The number of rotatable bonds is 5. The van der Waals surface area contributed by atoms with Crippen LogP contribution in [0.4, 0.5) is 0 Å². The molecule has 2 rings (SSSR count). The topological polar surface area (TPSA) is 55.1 Å². The summed E-state index contributed by atoms with van der Waals surface area (Å²) in [5, 5.41) is 3.02. The lowest BCUT2D eigenvalue weighted by molar-refractivity contribution is -0.135. The first-order chi connectivity index (χ1) is 9.07. The van der Waals surface area contributed by atoms with Gasteiger partial charge in [0.25, 0.3) is 0 Å². The van der Waals surface area contributed by atoms with E-state index < -0.39 is 0 Å². The Hall–Kier alpha value is -1.35. The zero-order valence-electron chi connectivity index (χ0n) is 11.9. The summed E-state index contributed by atoms with van der Waals surface area (Å²) in [6.07, 6.45) is 2.98. The quantitative estimate of drug-likeness (QED) is 0.855. The monoisotopic (exact) mass is 260 g/mol. The fourth-order valence-electron chi connectivity index (χ4n) is 2.52. The van der Waals surface area contributed by atoms with Gasteiger partial charge in [-0.3, -0.25) is 4.79 Å². The summed E-state index contributed by atoms with van der Waals surface area (Å²) in [5.74, 6) is 0.660. The second-order valence-electron chi connectivity index (χ2n) is 5.92. The first-order valence-corrected chi connectivity index (χ1v) is 7.14. The molecule has 0 bridgehead atoms. The van der Waals surface area contributed by atoms with Crippen LogP contribution in [0.25, 0.3) is 0 Å². The molecule has 1 fully saturated rings. The lowest BCUT2D eigenvalue weighted by atomic mass is 9.68. The van der Waals surface area contributed by atoms with Crippen molar-refractivity contribution < 1.29 is 4.79 Å². The van der Waals surface area contributed by atoms with E-state index in [0.29, 0.717) is 19.0 Å². The lowest BCUT2D eigenvalue weighted by Gasteiger charge is -2.39. The van der Waals surface area contributed by atoms with E-state index in [1.54, 1.807) is 0 Å². The van der Waals surface area contributed by atoms with Crippen molar-refractivity contribution in [2.45, 2.75) is 45.6 Å². The van der Waals surface area contributed by atoms with E-state index in [-0.39, 0.29) is 11.3 Å². The molecule has 0 spiro atoms. The second-order valence-corrected chi connectivity index (χ2v) is 5.92. The number of carbonyl (C=O) groups is 1. The predicted molar refractivity (Wildman–Crippen MR) is 77.7 cm³/mol. The Morgan fingerprint density at radius 2 is 1.95 bits per heavy atom. The molecule has 0 radical (unpaired) electrons. The fourth-order valence-corrected chi connectivity index (χ4v) is 2.52. The molecular weight excluding hydrogens is 236 g/mol. The summed E-state index contributed by atoms with van der Waals surface area (Å²) >= 11 is 0. The van der Waals surface area contributed by atoms with Gasteiger partial charge in [0.05, 0.1) is 5.41 Å². The Morgan fingerprint density at radius 1 is 1.32 bits per heavy atom. The van der Waals surface area contributed by atoms with E-state index in [1.165, 1.54) is 5.56 Å². The largest absolute Gasteiger partial charge is 0.352 e. The molecule has 1 amide bonds. The van der Waals surface area contributed by atoms with E-state index in [4.69, 9.17) is 5.73 Å². The first-order valence-electron chi connectivity index (χ1n) is 7.14. The molecule has 3 N–H and O–H groups in total. The smallest absolute Gasteiger partial charge is 0.227 e. The van der Waals surface area contributed by atoms with Crippen LogP contribution in [0.1, 0.15) is 50.2 Å². The Morgan fingerprint density at radius 3 is 2.37 bits per heavy atom. The highest BCUT2D eigenvalue weighted by Gasteiger charge is 2.42. The number of hydrogen-bond acceptors (Lipinski definition) is 2. The molecule has 1 aromatic rings. The molecule has 0 atom stereocenters. The van der Waals surface area contributed by atoms with Crippen LogP contribution in [-0.4, -0.2) is 12.5 Å². The van der Waals surface area contributed by atoms with Crippen LogP contribution in [0.5, 0.6) is 0 Å². The summed E-state index contributed by atoms with van der Waals surface area (Å²) in [7, 11) is 0. The van der Waals surface area contributed by atoms with E-state index in [9.17, 15) is 4.79 Å². The normalized spacial score (nSPS) is 17.1. The Kier molecular flexibility index (Phi) is 4.25. The van der Waals surface area contributed by atoms with Crippen molar-refractivity contribution >= 4 is 5.91 Å². The summed E-state index contributed by atoms with van der Waals surface area (Å²) in [6, 6.07) is 8.44. The summed E-state index contributed by atoms with van der Waals surface area (Å²) in [6.45, 7) is 5.42. The molecule has 1 saturated carbocycles. The molecular formula is C16H24N2O. The van der Waals surface area contributed by atoms with Crippen LogP contribution in [0.3, 0.4) is 0 Å². The second kappa shape index (κ2) is 5.74. The van der Waals surface area contributed by atoms with Gasteiger partial charge in [-0.1, -0.05) is 44.5 Å². The third-order valence-electron chi connectivity index (χ3n) is 4.28. The van der Waals surface area contributed by atoms with Crippen molar-refractivity contribution in [3.05, 3.63) is 35.4 Å². The molecule has 1 aromatic carbocycles. The number of nitrogens with one attached hydrogen (secondary N) is 1. The zero-order chi connectivity index (χ0) is 13.9. The van der Waals surface area contributed by atoms with Gasteiger partial charge in [0, 0.05) is 13.1 Å². The molecule has 0 heterocycles. The number of carbonyl (C=O) groups excluding carboxylic acids is 1. The predicted octanol–water partition coefficient (Wildman–Crippen LogP) is 2.56. The van der Waals surface area contributed by atoms with Gasteiger partial charge in [0.2, 0.25) is 5.91 Å². The third kappa shape index (κ3) is 2.98. The van der Waals surface area contributed by atoms with Crippen molar-refractivity contribution in [3.8, 4) is 0 Å². The molecule has 3 heteroatoms. The highest BCUT2D eigenvalue weighted by atomic mass is 16.2. The van der Waals surface area contributed by atoms with Gasteiger partial charge in [0.1, 0.15) is 0 Å². The highest BCUT2D eigenvalue weighted by Crippen LogP contribution is 2.40. The number of amides is 1. The van der Waals surface area contributed by atoms with Crippen LogP contribution in [0.15, 0.2) is 24.3 Å². The fraction of sp³-hybridized carbons (Fsp3) is 0.562. The summed E-state index contributed by atoms with van der Waals surface area (Å²) in [4.78, 5) is 12.1. The van der Waals surface area contributed by atoms with Crippen molar-refractivity contribution in [3.63, 3.8) is 0 Å².